The third-order valence-corrected chi connectivity index (χ3v) is 5.24. The number of halogens is 2. The first-order valence-electron chi connectivity index (χ1n) is 6.52. The maximum absolute atomic E-state index is 6.39. The van der Waals surface area contributed by atoms with Crippen LogP contribution in [0.3, 0.4) is 0 Å². The van der Waals surface area contributed by atoms with Crippen LogP contribution >= 0.6 is 38.9 Å². The minimum atomic E-state index is 0.829. The van der Waals surface area contributed by atoms with Gasteiger partial charge in [-0.25, -0.2) is 4.98 Å². The van der Waals surface area contributed by atoms with Gasteiger partial charge in [-0.05, 0) is 11.6 Å². The van der Waals surface area contributed by atoms with Crippen LogP contribution in [0.15, 0.2) is 29.8 Å². The molecule has 0 saturated carbocycles. The fourth-order valence-electron chi connectivity index (χ4n) is 2.52. The van der Waals surface area contributed by atoms with Crippen LogP contribution in [0.1, 0.15) is 5.56 Å². The Kier molecular flexibility index (Phi) is 4.48. The molecule has 1 fully saturated rings. The van der Waals surface area contributed by atoms with E-state index in [0.717, 1.165) is 41.7 Å². The molecule has 6 heteroatoms. The van der Waals surface area contributed by atoms with Gasteiger partial charge in [0.25, 0.3) is 0 Å². The van der Waals surface area contributed by atoms with Crippen molar-refractivity contribution in [3.63, 3.8) is 0 Å². The van der Waals surface area contributed by atoms with Gasteiger partial charge in [0.05, 0.1) is 10.7 Å². The average molecular weight is 373 g/mol. The highest BCUT2D eigenvalue weighted by molar-refractivity contribution is 9.08. The monoisotopic (exact) mass is 371 g/mol. The fourth-order valence-corrected chi connectivity index (χ4v) is 3.98. The number of benzene rings is 1. The second-order valence-electron chi connectivity index (χ2n) is 4.67. The van der Waals surface area contributed by atoms with Crippen molar-refractivity contribution in [2.75, 3.05) is 36.0 Å². The van der Waals surface area contributed by atoms with Crippen molar-refractivity contribution in [1.82, 2.24) is 4.98 Å². The number of anilines is 2. The molecular weight excluding hydrogens is 358 g/mol. The minimum Gasteiger partial charge on any atom is -0.367 e. The van der Waals surface area contributed by atoms with Crippen LogP contribution < -0.4 is 9.80 Å². The van der Waals surface area contributed by atoms with Gasteiger partial charge >= 0.3 is 0 Å². The zero-order valence-electron chi connectivity index (χ0n) is 10.9. The Morgan fingerprint density at radius 1 is 1.20 bits per heavy atom. The van der Waals surface area contributed by atoms with Crippen molar-refractivity contribution in [1.29, 1.82) is 0 Å². The molecule has 0 aliphatic carbocycles. The summed E-state index contributed by atoms with van der Waals surface area (Å²) < 4.78 is 0. The fraction of sp³-hybridized carbons (Fsp3) is 0.357. The smallest absolute Gasteiger partial charge is 0.185 e. The maximum atomic E-state index is 6.39. The SMILES string of the molecule is Clc1cccc(CBr)c1N1CCN(c2nccs2)CC1. The molecule has 3 nitrogen and oxygen atoms in total. The molecule has 2 heterocycles. The molecule has 106 valence electrons. The van der Waals surface area contributed by atoms with Crippen molar-refractivity contribution >= 4 is 49.7 Å². The van der Waals surface area contributed by atoms with E-state index in [0.29, 0.717) is 0 Å². The van der Waals surface area contributed by atoms with E-state index in [1.54, 1.807) is 11.3 Å². The summed E-state index contributed by atoms with van der Waals surface area (Å²) in [6, 6.07) is 6.10. The number of hydrogen-bond acceptors (Lipinski definition) is 4. The van der Waals surface area contributed by atoms with Crippen LogP contribution in [0.25, 0.3) is 0 Å². The third-order valence-electron chi connectivity index (χ3n) is 3.50. The number of thiazole rings is 1. The highest BCUT2D eigenvalue weighted by Crippen LogP contribution is 2.32. The first-order chi connectivity index (χ1) is 9.79. The van der Waals surface area contributed by atoms with E-state index in [1.807, 2.05) is 23.7 Å². The summed E-state index contributed by atoms with van der Waals surface area (Å²) in [6.45, 7) is 3.92. The Balaban J connectivity index is 1.75. The van der Waals surface area contributed by atoms with E-state index in [4.69, 9.17) is 11.6 Å². The molecule has 0 spiro atoms. The summed E-state index contributed by atoms with van der Waals surface area (Å²) in [6.07, 6.45) is 1.86. The third kappa shape index (κ3) is 2.80. The molecule has 0 atom stereocenters. The normalized spacial score (nSPS) is 15.7. The number of nitrogens with zero attached hydrogens (tertiary/aromatic N) is 3. The lowest BCUT2D eigenvalue weighted by molar-refractivity contribution is 0.651. The highest BCUT2D eigenvalue weighted by atomic mass is 79.9. The van der Waals surface area contributed by atoms with E-state index < -0.39 is 0 Å². The number of rotatable bonds is 3. The Labute approximate surface area is 136 Å². The summed E-state index contributed by atoms with van der Waals surface area (Å²) in [5.41, 5.74) is 2.42. The molecule has 0 amide bonds. The van der Waals surface area contributed by atoms with Gasteiger partial charge in [0.15, 0.2) is 5.13 Å². The van der Waals surface area contributed by atoms with Crippen LogP contribution in [0.2, 0.25) is 5.02 Å². The van der Waals surface area contributed by atoms with Crippen LogP contribution in [-0.2, 0) is 5.33 Å². The number of hydrogen-bond donors (Lipinski definition) is 0. The van der Waals surface area contributed by atoms with Crippen molar-refractivity contribution in [3.05, 3.63) is 40.4 Å². The number of para-hydroxylation sites is 1. The van der Waals surface area contributed by atoms with Gasteiger partial charge in [0.1, 0.15) is 0 Å². The molecule has 1 aliphatic heterocycles. The average Bonchev–Trinajstić information content (AvgIpc) is 3.01. The lowest BCUT2D eigenvalue weighted by Crippen LogP contribution is -2.46. The molecule has 1 aliphatic rings. The molecule has 0 radical (unpaired) electrons. The summed E-state index contributed by atoms with van der Waals surface area (Å²) >= 11 is 11.6. The van der Waals surface area contributed by atoms with E-state index in [-0.39, 0.29) is 0 Å². The van der Waals surface area contributed by atoms with Crippen molar-refractivity contribution < 1.29 is 0 Å². The number of alkyl halides is 1. The lowest BCUT2D eigenvalue weighted by atomic mass is 10.1. The van der Waals surface area contributed by atoms with E-state index >= 15 is 0 Å². The maximum Gasteiger partial charge on any atom is 0.185 e. The minimum absolute atomic E-state index is 0.829. The molecule has 0 N–H and O–H groups in total. The Morgan fingerprint density at radius 3 is 2.60 bits per heavy atom. The van der Waals surface area contributed by atoms with Gasteiger partial charge in [-0.2, -0.15) is 0 Å². The van der Waals surface area contributed by atoms with Gasteiger partial charge in [-0.1, -0.05) is 39.7 Å². The Morgan fingerprint density at radius 2 is 1.95 bits per heavy atom. The summed E-state index contributed by atoms with van der Waals surface area (Å²) in [5.74, 6) is 0. The number of piperazine rings is 1. The molecule has 0 bridgehead atoms. The van der Waals surface area contributed by atoms with Gasteiger partial charge in [-0.3, -0.25) is 0 Å². The van der Waals surface area contributed by atoms with E-state index in [2.05, 4.69) is 36.8 Å². The standard InChI is InChI=1S/C14H15BrClN3S/c15-10-11-2-1-3-12(16)13(11)18-5-7-19(8-6-18)14-17-4-9-20-14/h1-4,9H,5-8,10H2. The van der Waals surface area contributed by atoms with Crippen molar-refractivity contribution in [2.45, 2.75) is 5.33 Å². The number of aromatic nitrogens is 1. The van der Waals surface area contributed by atoms with E-state index in [9.17, 15) is 0 Å². The van der Waals surface area contributed by atoms with Gasteiger partial charge in [0.2, 0.25) is 0 Å². The Bertz CT molecular complexity index is 568. The second kappa shape index (κ2) is 6.33. The first kappa shape index (κ1) is 14.2. The molecule has 1 aromatic heterocycles. The predicted octanol–water partition coefficient (Wildman–Crippen LogP) is 4.02. The summed E-state index contributed by atoms with van der Waals surface area (Å²) in [4.78, 5) is 9.10. The largest absolute Gasteiger partial charge is 0.367 e. The zero-order chi connectivity index (χ0) is 13.9. The molecule has 0 unspecified atom stereocenters. The van der Waals surface area contributed by atoms with Gasteiger partial charge < -0.3 is 9.80 Å². The van der Waals surface area contributed by atoms with E-state index in [1.165, 1.54) is 11.3 Å². The van der Waals surface area contributed by atoms with Gasteiger partial charge in [-0.15, -0.1) is 11.3 Å². The summed E-state index contributed by atoms with van der Waals surface area (Å²) in [5, 5.41) is 4.81. The molecular formula is C14H15BrClN3S. The van der Waals surface area contributed by atoms with Crippen molar-refractivity contribution in [2.24, 2.45) is 0 Å². The van der Waals surface area contributed by atoms with Crippen LogP contribution in [0, 0.1) is 0 Å². The molecule has 20 heavy (non-hydrogen) atoms. The van der Waals surface area contributed by atoms with Crippen molar-refractivity contribution in [3.8, 4) is 0 Å². The zero-order valence-corrected chi connectivity index (χ0v) is 14.1. The molecule has 1 saturated heterocycles. The quantitative estimate of drug-likeness (QED) is 0.759. The van der Waals surface area contributed by atoms with Crippen LogP contribution in [0.5, 0.6) is 0 Å². The van der Waals surface area contributed by atoms with Gasteiger partial charge in [0, 0.05) is 43.1 Å². The Hall–Kier alpha value is -0.780. The predicted molar refractivity (Wildman–Crippen MR) is 90.6 cm³/mol. The topological polar surface area (TPSA) is 19.4 Å². The lowest BCUT2D eigenvalue weighted by Gasteiger charge is -2.37. The van der Waals surface area contributed by atoms with Crippen LogP contribution in [0.4, 0.5) is 10.8 Å². The summed E-state index contributed by atoms with van der Waals surface area (Å²) in [7, 11) is 0. The first-order valence-corrected chi connectivity index (χ1v) is 8.90. The second-order valence-corrected chi connectivity index (χ2v) is 6.51. The molecule has 1 aromatic carbocycles. The van der Waals surface area contributed by atoms with Crippen LogP contribution in [-0.4, -0.2) is 31.2 Å². The molecule has 3 rings (SSSR count). The highest BCUT2D eigenvalue weighted by Gasteiger charge is 2.21. The molecule has 2 aromatic rings.